The predicted molar refractivity (Wildman–Crippen MR) is 115 cm³/mol. The molecule has 1 fully saturated rings. The molecule has 0 aliphatic carbocycles. The Hall–Kier alpha value is -3.33. The number of pyridine rings is 1. The highest BCUT2D eigenvalue weighted by Crippen LogP contribution is 2.34. The molecule has 9 nitrogen and oxygen atoms in total. The van der Waals surface area contributed by atoms with Crippen LogP contribution in [0.5, 0.6) is 0 Å². The molecule has 0 radical (unpaired) electrons. The average molecular weight is 419 g/mol. The van der Waals surface area contributed by atoms with Crippen LogP contribution in [0.3, 0.4) is 0 Å². The van der Waals surface area contributed by atoms with Gasteiger partial charge in [0.15, 0.2) is 0 Å². The summed E-state index contributed by atoms with van der Waals surface area (Å²) in [5, 5.41) is 15.0. The fourth-order valence-corrected chi connectivity index (χ4v) is 4.76. The summed E-state index contributed by atoms with van der Waals surface area (Å²) < 4.78 is 1.93. The van der Waals surface area contributed by atoms with Gasteiger partial charge in [-0.2, -0.15) is 4.80 Å². The van der Waals surface area contributed by atoms with E-state index in [2.05, 4.69) is 31.7 Å². The number of nitrogens with one attached hydrogen (secondary N) is 1. The minimum Gasteiger partial charge on any atom is -0.326 e. The number of anilines is 1. The summed E-state index contributed by atoms with van der Waals surface area (Å²) in [5.74, 6) is 1.39. The normalized spacial score (nSPS) is 20.3. The van der Waals surface area contributed by atoms with Crippen molar-refractivity contribution in [2.24, 2.45) is 13.0 Å². The smallest absolute Gasteiger partial charge is 0.250 e. The highest BCUT2D eigenvalue weighted by Gasteiger charge is 2.34. The van der Waals surface area contributed by atoms with Crippen molar-refractivity contribution < 1.29 is 4.79 Å². The maximum atomic E-state index is 12.5. The van der Waals surface area contributed by atoms with Crippen LogP contribution in [0.15, 0.2) is 47.3 Å². The number of piperidine rings is 1. The number of carbonyl (C=O) groups is 1. The minimum atomic E-state index is -0.00210. The minimum absolute atomic E-state index is 0.00210. The van der Waals surface area contributed by atoms with Gasteiger partial charge in [-0.3, -0.25) is 9.59 Å². The molecule has 9 heteroatoms. The molecule has 2 bridgehead atoms. The van der Waals surface area contributed by atoms with Crippen LogP contribution in [0.1, 0.15) is 24.5 Å². The molecule has 5 rings (SSSR count). The van der Waals surface area contributed by atoms with Gasteiger partial charge < -0.3 is 14.8 Å². The van der Waals surface area contributed by atoms with Crippen molar-refractivity contribution in [3.05, 3.63) is 58.5 Å². The fourth-order valence-electron chi connectivity index (χ4n) is 4.76. The van der Waals surface area contributed by atoms with E-state index in [1.165, 1.54) is 4.80 Å². The summed E-state index contributed by atoms with van der Waals surface area (Å²) in [6, 6.07) is 13.0. The summed E-state index contributed by atoms with van der Waals surface area (Å²) in [4.78, 5) is 28.4. The number of fused-ring (bicyclic) bond motifs is 4. The molecular formula is C22H25N7O2. The second kappa shape index (κ2) is 8.07. The molecule has 2 atom stereocenters. The van der Waals surface area contributed by atoms with Gasteiger partial charge in [0, 0.05) is 61.5 Å². The Kier molecular flexibility index (Phi) is 5.11. The monoisotopic (exact) mass is 419 g/mol. The molecule has 0 saturated carbocycles. The van der Waals surface area contributed by atoms with Crippen LogP contribution < -0.4 is 10.9 Å². The molecule has 0 spiro atoms. The Morgan fingerprint density at radius 3 is 2.74 bits per heavy atom. The van der Waals surface area contributed by atoms with E-state index in [0.29, 0.717) is 24.1 Å². The molecule has 1 amide bonds. The number of nitrogens with zero attached hydrogens (tertiary/aromatic N) is 6. The molecular weight excluding hydrogens is 394 g/mol. The molecule has 1 aromatic carbocycles. The van der Waals surface area contributed by atoms with Crippen LogP contribution in [-0.2, 0) is 18.4 Å². The van der Waals surface area contributed by atoms with Crippen molar-refractivity contribution in [2.75, 3.05) is 25.0 Å². The third kappa shape index (κ3) is 4.13. The third-order valence-corrected chi connectivity index (χ3v) is 6.15. The number of rotatable bonds is 5. The van der Waals surface area contributed by atoms with E-state index in [9.17, 15) is 9.59 Å². The lowest BCUT2D eigenvalue weighted by Crippen LogP contribution is -2.47. The van der Waals surface area contributed by atoms with E-state index in [0.717, 1.165) is 49.5 Å². The van der Waals surface area contributed by atoms with Gasteiger partial charge in [0.25, 0.3) is 5.56 Å². The summed E-state index contributed by atoms with van der Waals surface area (Å²) in [5.41, 5.74) is 2.84. The number of carbonyl (C=O) groups excluding carboxylic acids is 1. The van der Waals surface area contributed by atoms with E-state index in [4.69, 9.17) is 0 Å². The zero-order valence-corrected chi connectivity index (χ0v) is 17.4. The first kappa shape index (κ1) is 19.6. The first-order chi connectivity index (χ1) is 15.0. The summed E-state index contributed by atoms with van der Waals surface area (Å²) in [7, 11) is 1.72. The largest absolute Gasteiger partial charge is 0.326 e. The van der Waals surface area contributed by atoms with Crippen LogP contribution >= 0.6 is 0 Å². The van der Waals surface area contributed by atoms with Gasteiger partial charge in [-0.25, -0.2) is 0 Å². The van der Waals surface area contributed by atoms with Crippen molar-refractivity contribution in [3.8, 4) is 11.4 Å². The summed E-state index contributed by atoms with van der Waals surface area (Å²) in [6.45, 7) is 3.33. The number of aromatic nitrogens is 5. The van der Waals surface area contributed by atoms with Crippen molar-refractivity contribution in [2.45, 2.75) is 25.3 Å². The molecule has 2 aromatic heterocycles. The maximum Gasteiger partial charge on any atom is 0.250 e. The van der Waals surface area contributed by atoms with Crippen LogP contribution in [0, 0.1) is 5.92 Å². The van der Waals surface area contributed by atoms with Crippen molar-refractivity contribution in [3.63, 3.8) is 0 Å². The third-order valence-electron chi connectivity index (χ3n) is 6.15. The molecule has 3 aromatic rings. The molecule has 2 aliphatic rings. The van der Waals surface area contributed by atoms with Crippen LogP contribution in [-0.4, -0.2) is 55.2 Å². The standard InChI is InChI=1S/C22H25N7O2/c1-27-25-22(24-26-27)16-5-7-18(8-6-16)23-20(30)9-10-28-12-15-11-17(14-28)19-3-2-4-21(31)29(19)13-15/h2-8,15,17H,9-14H2,1H3,(H,23,30). The SMILES string of the molecule is Cn1nnc(-c2ccc(NC(=O)CCN3CC4CC(C3)c3cccc(=O)n3C4)cc2)n1. The first-order valence-corrected chi connectivity index (χ1v) is 10.6. The lowest BCUT2D eigenvalue weighted by atomic mass is 9.83. The zero-order valence-electron chi connectivity index (χ0n) is 17.4. The van der Waals surface area contributed by atoms with Crippen molar-refractivity contribution in [1.82, 2.24) is 29.7 Å². The Bertz CT molecular complexity index is 1150. The number of amides is 1. The zero-order chi connectivity index (χ0) is 21.4. The van der Waals surface area contributed by atoms with Gasteiger partial charge in [0.2, 0.25) is 11.7 Å². The van der Waals surface area contributed by atoms with Gasteiger partial charge in [0.1, 0.15) is 0 Å². The average Bonchev–Trinajstić information content (AvgIpc) is 3.20. The van der Waals surface area contributed by atoms with Gasteiger partial charge in [-0.1, -0.05) is 6.07 Å². The number of likely N-dealkylation sites (tertiary alicyclic amines) is 1. The van der Waals surface area contributed by atoms with E-state index in [-0.39, 0.29) is 11.5 Å². The van der Waals surface area contributed by atoms with E-state index >= 15 is 0 Å². The molecule has 1 saturated heterocycles. The number of benzene rings is 1. The van der Waals surface area contributed by atoms with E-state index in [1.54, 1.807) is 13.1 Å². The van der Waals surface area contributed by atoms with E-state index < -0.39 is 0 Å². The molecule has 2 unspecified atom stereocenters. The van der Waals surface area contributed by atoms with Crippen molar-refractivity contribution in [1.29, 1.82) is 0 Å². The number of tetrazole rings is 1. The molecule has 4 heterocycles. The fraction of sp³-hybridized carbons (Fsp3) is 0.409. The number of hydrogen-bond acceptors (Lipinski definition) is 6. The number of hydrogen-bond donors (Lipinski definition) is 1. The Balaban J connectivity index is 1.16. The number of aryl methyl sites for hydroxylation is 1. The lowest BCUT2D eigenvalue weighted by molar-refractivity contribution is -0.116. The quantitative estimate of drug-likeness (QED) is 0.673. The van der Waals surface area contributed by atoms with E-state index in [1.807, 2.05) is 34.9 Å². The van der Waals surface area contributed by atoms with Crippen molar-refractivity contribution >= 4 is 11.6 Å². The first-order valence-electron chi connectivity index (χ1n) is 10.6. The van der Waals surface area contributed by atoms with Gasteiger partial charge in [-0.15, -0.1) is 10.2 Å². The van der Waals surface area contributed by atoms with Gasteiger partial charge in [0.05, 0.1) is 7.05 Å². The van der Waals surface area contributed by atoms with Crippen LogP contribution in [0.25, 0.3) is 11.4 Å². The van der Waals surface area contributed by atoms with Gasteiger partial charge in [-0.05, 0) is 47.9 Å². The highest BCUT2D eigenvalue weighted by atomic mass is 16.1. The lowest BCUT2D eigenvalue weighted by Gasteiger charge is -2.42. The van der Waals surface area contributed by atoms with Crippen LogP contribution in [0.4, 0.5) is 5.69 Å². The highest BCUT2D eigenvalue weighted by molar-refractivity contribution is 5.91. The predicted octanol–water partition coefficient (Wildman–Crippen LogP) is 1.49. The van der Waals surface area contributed by atoms with Gasteiger partial charge >= 0.3 is 0 Å². The Labute approximate surface area is 179 Å². The Morgan fingerprint density at radius 1 is 1.13 bits per heavy atom. The second-order valence-corrected chi connectivity index (χ2v) is 8.44. The maximum absolute atomic E-state index is 12.5. The molecule has 2 aliphatic heterocycles. The molecule has 160 valence electrons. The summed E-state index contributed by atoms with van der Waals surface area (Å²) in [6.07, 6.45) is 1.56. The topological polar surface area (TPSA) is 97.9 Å². The molecule has 1 N–H and O–H groups in total. The van der Waals surface area contributed by atoms with Crippen LogP contribution in [0.2, 0.25) is 0 Å². The Morgan fingerprint density at radius 2 is 1.97 bits per heavy atom. The molecule has 31 heavy (non-hydrogen) atoms. The second-order valence-electron chi connectivity index (χ2n) is 8.44. The summed E-state index contributed by atoms with van der Waals surface area (Å²) >= 11 is 0.